The Hall–Kier alpha value is -2.38. The van der Waals surface area contributed by atoms with Gasteiger partial charge in [0.1, 0.15) is 0 Å². The van der Waals surface area contributed by atoms with Gasteiger partial charge in [-0.2, -0.15) is 0 Å². The predicted octanol–water partition coefficient (Wildman–Crippen LogP) is 2.92. The van der Waals surface area contributed by atoms with E-state index in [1.54, 1.807) is 24.3 Å². The van der Waals surface area contributed by atoms with Crippen LogP contribution in [-0.2, 0) is 14.8 Å². The smallest absolute Gasteiger partial charge is 0.261 e. The highest BCUT2D eigenvalue weighted by atomic mass is 32.2. The molecule has 1 fully saturated rings. The maximum atomic E-state index is 12.6. The Balaban J connectivity index is 1.78. The summed E-state index contributed by atoms with van der Waals surface area (Å²) in [5, 5.41) is 0. The van der Waals surface area contributed by atoms with Crippen LogP contribution in [0.1, 0.15) is 24.2 Å². The van der Waals surface area contributed by atoms with Crippen LogP contribution < -0.4 is 9.62 Å². The molecule has 2 aromatic rings. The van der Waals surface area contributed by atoms with Crippen molar-refractivity contribution in [3.05, 3.63) is 54.1 Å². The number of ether oxygens (including phenoxy) is 1. The van der Waals surface area contributed by atoms with Crippen LogP contribution in [0.4, 0.5) is 11.4 Å². The molecule has 1 N–H and O–H groups in total. The highest BCUT2D eigenvalue weighted by Gasteiger charge is 2.20. The minimum Gasteiger partial charge on any atom is -0.377 e. The van der Waals surface area contributed by atoms with E-state index >= 15 is 0 Å². The number of carbonyl (C=O) groups excluding carboxylic acids is 1. The number of morpholine rings is 1. The molecule has 1 aliphatic rings. The fourth-order valence-electron chi connectivity index (χ4n) is 2.93. The second kappa shape index (κ2) is 7.47. The van der Waals surface area contributed by atoms with Crippen LogP contribution in [0.15, 0.2) is 53.4 Å². The quantitative estimate of drug-likeness (QED) is 0.815. The number of ketones is 1. The molecule has 0 aromatic heterocycles. The number of sulfonamides is 1. The van der Waals surface area contributed by atoms with Gasteiger partial charge >= 0.3 is 0 Å². The van der Waals surface area contributed by atoms with Gasteiger partial charge in [-0.1, -0.05) is 12.1 Å². The Morgan fingerprint density at radius 2 is 1.92 bits per heavy atom. The monoisotopic (exact) mass is 374 g/mol. The molecule has 138 valence electrons. The van der Waals surface area contributed by atoms with Crippen molar-refractivity contribution in [1.82, 2.24) is 0 Å². The Labute approximate surface area is 153 Å². The molecule has 7 heteroatoms. The van der Waals surface area contributed by atoms with Gasteiger partial charge in [0.15, 0.2) is 5.78 Å². The minimum atomic E-state index is -3.75. The average molecular weight is 374 g/mol. The molecular formula is C19H22N2O4S. The van der Waals surface area contributed by atoms with Gasteiger partial charge in [0, 0.05) is 29.5 Å². The summed E-state index contributed by atoms with van der Waals surface area (Å²) < 4.78 is 33.1. The van der Waals surface area contributed by atoms with E-state index in [4.69, 9.17) is 4.74 Å². The van der Waals surface area contributed by atoms with Gasteiger partial charge in [-0.25, -0.2) is 8.42 Å². The molecule has 1 unspecified atom stereocenters. The molecule has 2 aromatic carbocycles. The third kappa shape index (κ3) is 4.05. The number of anilines is 2. The van der Waals surface area contributed by atoms with Crippen molar-refractivity contribution >= 4 is 27.2 Å². The van der Waals surface area contributed by atoms with Gasteiger partial charge < -0.3 is 9.64 Å². The number of carbonyl (C=O) groups is 1. The molecule has 3 rings (SSSR count). The average Bonchev–Trinajstić information content (AvgIpc) is 2.63. The number of hydrogen-bond acceptors (Lipinski definition) is 5. The van der Waals surface area contributed by atoms with E-state index in [0.717, 1.165) is 12.2 Å². The van der Waals surface area contributed by atoms with Gasteiger partial charge in [-0.3, -0.25) is 9.52 Å². The Morgan fingerprint density at radius 3 is 2.58 bits per heavy atom. The molecule has 6 nitrogen and oxygen atoms in total. The topological polar surface area (TPSA) is 75.7 Å². The van der Waals surface area contributed by atoms with Gasteiger partial charge in [0.05, 0.1) is 18.1 Å². The molecule has 0 amide bonds. The van der Waals surface area contributed by atoms with E-state index in [2.05, 4.69) is 16.5 Å². The third-order valence-corrected chi connectivity index (χ3v) is 5.75. The molecule has 0 aliphatic carbocycles. The highest BCUT2D eigenvalue weighted by Crippen LogP contribution is 2.23. The molecular weight excluding hydrogens is 352 g/mol. The fourth-order valence-corrected chi connectivity index (χ4v) is 4.03. The Bertz CT molecular complexity index is 894. The number of hydrogen-bond donors (Lipinski definition) is 1. The standard InChI is InChI=1S/C19H22N2O4S/c1-14-13-25-11-10-21(14)18-8-6-17(7-9-18)20-26(23,24)19-5-3-4-16(12-19)15(2)22/h3-9,12,14,20H,10-11,13H2,1-2H3. The van der Waals surface area contributed by atoms with Crippen molar-refractivity contribution in [3.8, 4) is 0 Å². The number of benzene rings is 2. The maximum absolute atomic E-state index is 12.6. The molecule has 1 saturated heterocycles. The van der Waals surface area contributed by atoms with Crippen LogP contribution in [0.5, 0.6) is 0 Å². The zero-order valence-corrected chi connectivity index (χ0v) is 15.6. The van der Waals surface area contributed by atoms with Gasteiger partial charge in [0.2, 0.25) is 0 Å². The lowest BCUT2D eigenvalue weighted by atomic mass is 10.2. The number of rotatable bonds is 5. The first-order chi connectivity index (χ1) is 12.4. The van der Waals surface area contributed by atoms with E-state index in [9.17, 15) is 13.2 Å². The summed E-state index contributed by atoms with van der Waals surface area (Å²) in [7, 11) is -3.75. The van der Waals surface area contributed by atoms with Crippen LogP contribution in [-0.4, -0.2) is 40.0 Å². The number of nitrogens with one attached hydrogen (secondary N) is 1. The molecule has 0 saturated carbocycles. The van der Waals surface area contributed by atoms with E-state index in [-0.39, 0.29) is 16.7 Å². The first-order valence-electron chi connectivity index (χ1n) is 8.45. The second-order valence-electron chi connectivity index (χ2n) is 6.35. The number of nitrogens with zero attached hydrogens (tertiary/aromatic N) is 1. The van der Waals surface area contributed by atoms with Crippen molar-refractivity contribution in [2.45, 2.75) is 24.8 Å². The lowest BCUT2D eigenvalue weighted by Gasteiger charge is -2.35. The summed E-state index contributed by atoms with van der Waals surface area (Å²) >= 11 is 0. The summed E-state index contributed by atoms with van der Waals surface area (Å²) in [5.41, 5.74) is 1.87. The van der Waals surface area contributed by atoms with Crippen LogP contribution in [0, 0.1) is 0 Å². The molecule has 1 atom stereocenters. The molecule has 0 bridgehead atoms. The van der Waals surface area contributed by atoms with E-state index in [1.165, 1.54) is 19.1 Å². The van der Waals surface area contributed by atoms with E-state index < -0.39 is 10.0 Å². The van der Waals surface area contributed by atoms with E-state index in [1.807, 2.05) is 12.1 Å². The number of Topliss-reactive ketones (excluding diaryl/α,β-unsaturated/α-hetero) is 1. The zero-order chi connectivity index (χ0) is 18.7. The van der Waals surface area contributed by atoms with Gasteiger partial charge in [0.25, 0.3) is 10.0 Å². The third-order valence-electron chi connectivity index (χ3n) is 4.37. The maximum Gasteiger partial charge on any atom is 0.261 e. The lowest BCUT2D eigenvalue weighted by Crippen LogP contribution is -2.43. The Morgan fingerprint density at radius 1 is 1.19 bits per heavy atom. The van der Waals surface area contributed by atoms with Crippen molar-refractivity contribution < 1.29 is 17.9 Å². The van der Waals surface area contributed by atoms with Crippen molar-refractivity contribution in [3.63, 3.8) is 0 Å². The zero-order valence-electron chi connectivity index (χ0n) is 14.8. The largest absolute Gasteiger partial charge is 0.377 e. The SMILES string of the molecule is CC(=O)c1cccc(S(=O)(=O)Nc2ccc(N3CCOCC3C)cc2)c1. The minimum absolute atomic E-state index is 0.0658. The lowest BCUT2D eigenvalue weighted by molar-refractivity contribution is 0.0989. The van der Waals surface area contributed by atoms with Crippen molar-refractivity contribution in [2.24, 2.45) is 0 Å². The van der Waals surface area contributed by atoms with Crippen molar-refractivity contribution in [2.75, 3.05) is 29.4 Å². The molecule has 1 aliphatic heterocycles. The fraction of sp³-hybridized carbons (Fsp3) is 0.316. The van der Waals surface area contributed by atoms with Crippen LogP contribution in [0.25, 0.3) is 0 Å². The van der Waals surface area contributed by atoms with Crippen LogP contribution in [0.3, 0.4) is 0 Å². The van der Waals surface area contributed by atoms with Crippen molar-refractivity contribution in [1.29, 1.82) is 0 Å². The highest BCUT2D eigenvalue weighted by molar-refractivity contribution is 7.92. The predicted molar refractivity (Wildman–Crippen MR) is 101 cm³/mol. The van der Waals surface area contributed by atoms with Gasteiger partial charge in [-0.15, -0.1) is 0 Å². The summed E-state index contributed by atoms with van der Waals surface area (Å²) in [6, 6.07) is 13.6. The summed E-state index contributed by atoms with van der Waals surface area (Å²) in [4.78, 5) is 13.8. The van der Waals surface area contributed by atoms with Crippen LogP contribution >= 0.6 is 0 Å². The Kier molecular flexibility index (Phi) is 5.29. The molecule has 26 heavy (non-hydrogen) atoms. The van der Waals surface area contributed by atoms with E-state index in [0.29, 0.717) is 24.5 Å². The summed E-state index contributed by atoms with van der Waals surface area (Å²) in [5.74, 6) is -0.175. The molecule has 0 spiro atoms. The summed E-state index contributed by atoms with van der Waals surface area (Å²) in [6.07, 6.45) is 0. The second-order valence-corrected chi connectivity index (χ2v) is 8.04. The van der Waals surface area contributed by atoms with Crippen LogP contribution in [0.2, 0.25) is 0 Å². The first-order valence-corrected chi connectivity index (χ1v) is 9.93. The normalized spacial score (nSPS) is 17.8. The molecule has 1 heterocycles. The summed E-state index contributed by atoms with van der Waals surface area (Å²) in [6.45, 7) is 5.68. The van der Waals surface area contributed by atoms with Gasteiger partial charge in [-0.05, 0) is 50.2 Å². The first kappa shape index (κ1) is 18.4. The molecule has 0 radical (unpaired) electrons.